The van der Waals surface area contributed by atoms with Gasteiger partial charge in [-0.05, 0) is 60.2 Å². The summed E-state index contributed by atoms with van der Waals surface area (Å²) >= 11 is 7.53. The Morgan fingerprint density at radius 3 is 2.26 bits per heavy atom. The summed E-state index contributed by atoms with van der Waals surface area (Å²) in [6, 6.07) is 23.1. The van der Waals surface area contributed by atoms with Crippen LogP contribution < -0.4 is 15.4 Å². The molecule has 0 aliphatic carbocycles. The minimum absolute atomic E-state index is 0.200. The molecule has 1 heterocycles. The third-order valence-corrected chi connectivity index (χ3v) is 6.00. The van der Waals surface area contributed by atoms with Gasteiger partial charge in [-0.15, -0.1) is 10.2 Å². The van der Waals surface area contributed by atoms with Crippen molar-refractivity contribution in [1.29, 1.82) is 0 Å². The van der Waals surface area contributed by atoms with E-state index in [0.717, 1.165) is 16.9 Å². The molecule has 0 aliphatic rings. The molecule has 4 rings (SSSR count). The first-order valence-corrected chi connectivity index (χ1v) is 11.3. The third kappa shape index (κ3) is 5.86. The number of nitrogens with zero attached hydrogens (tertiary/aromatic N) is 2. The number of rotatable bonds is 7. The van der Waals surface area contributed by atoms with Crippen molar-refractivity contribution in [2.24, 2.45) is 0 Å². The van der Waals surface area contributed by atoms with Gasteiger partial charge in [0.1, 0.15) is 5.75 Å². The topological polar surface area (TPSA) is 93.2 Å². The summed E-state index contributed by atoms with van der Waals surface area (Å²) in [7, 11) is 1.57. The van der Waals surface area contributed by atoms with Crippen LogP contribution in [0.25, 0.3) is 11.1 Å². The van der Waals surface area contributed by atoms with E-state index >= 15 is 0 Å². The number of hydrogen-bond acceptors (Lipinski definition) is 6. The van der Waals surface area contributed by atoms with Crippen molar-refractivity contribution in [3.63, 3.8) is 0 Å². The number of methoxy groups -OCH3 is 1. The normalized spacial score (nSPS) is 11.1. The van der Waals surface area contributed by atoms with E-state index in [-0.39, 0.29) is 16.8 Å². The number of para-hydroxylation sites is 1. The van der Waals surface area contributed by atoms with Gasteiger partial charge in [-0.2, -0.15) is 0 Å². The Morgan fingerprint density at radius 2 is 1.53 bits per heavy atom. The van der Waals surface area contributed by atoms with Gasteiger partial charge in [-0.3, -0.25) is 9.59 Å². The molecular weight excluding hydrogens is 472 g/mol. The van der Waals surface area contributed by atoms with Gasteiger partial charge in [0.2, 0.25) is 5.01 Å². The standard InChI is InChI=1S/C25H19ClN4O3S/c1-33-20-12-10-17(11-13-20)22(31)28-19-9-5-6-16(14-19)15-21(26)24-29-30-25(34-24)23(32)27-18-7-3-2-4-8-18/h2-15H,1H3,(H,27,32)(H,28,31)/b21-15-. The molecule has 0 fully saturated rings. The maximum Gasteiger partial charge on any atom is 0.286 e. The number of benzene rings is 3. The first-order valence-electron chi connectivity index (χ1n) is 10.1. The van der Waals surface area contributed by atoms with Crippen LogP contribution in [-0.2, 0) is 0 Å². The number of hydrogen-bond donors (Lipinski definition) is 2. The van der Waals surface area contributed by atoms with E-state index in [1.54, 1.807) is 67.8 Å². The molecule has 1 aromatic heterocycles. The van der Waals surface area contributed by atoms with Crippen LogP contribution >= 0.6 is 22.9 Å². The van der Waals surface area contributed by atoms with E-state index in [0.29, 0.717) is 32.7 Å². The van der Waals surface area contributed by atoms with Crippen molar-refractivity contribution in [3.05, 3.63) is 100 Å². The van der Waals surface area contributed by atoms with Gasteiger partial charge in [0.05, 0.1) is 12.1 Å². The highest BCUT2D eigenvalue weighted by molar-refractivity contribution is 7.15. The van der Waals surface area contributed by atoms with Crippen LogP contribution in [0, 0.1) is 0 Å². The van der Waals surface area contributed by atoms with Crippen molar-refractivity contribution in [3.8, 4) is 5.75 Å². The molecule has 2 amide bonds. The van der Waals surface area contributed by atoms with E-state index in [9.17, 15) is 9.59 Å². The molecular formula is C25H19ClN4O3S. The number of aromatic nitrogens is 2. The largest absolute Gasteiger partial charge is 0.497 e. The molecule has 3 aromatic carbocycles. The minimum atomic E-state index is -0.359. The molecule has 0 saturated heterocycles. The maximum atomic E-state index is 12.5. The van der Waals surface area contributed by atoms with Crippen LogP contribution in [0.4, 0.5) is 11.4 Å². The Labute approximate surface area is 205 Å². The first kappa shape index (κ1) is 23.2. The third-order valence-electron chi connectivity index (χ3n) is 4.65. The lowest BCUT2D eigenvalue weighted by Gasteiger charge is -2.07. The molecule has 0 unspecified atom stereocenters. The molecule has 7 nitrogen and oxygen atoms in total. The number of amides is 2. The predicted molar refractivity (Wildman–Crippen MR) is 135 cm³/mol. The molecule has 2 N–H and O–H groups in total. The summed E-state index contributed by atoms with van der Waals surface area (Å²) in [5.41, 5.74) is 2.54. The quantitative estimate of drug-likeness (QED) is 0.342. The molecule has 170 valence electrons. The van der Waals surface area contributed by atoms with Crippen molar-refractivity contribution in [2.45, 2.75) is 0 Å². The zero-order valence-electron chi connectivity index (χ0n) is 18.0. The highest BCUT2D eigenvalue weighted by Gasteiger charge is 2.15. The average molecular weight is 491 g/mol. The van der Waals surface area contributed by atoms with Crippen LogP contribution in [0.2, 0.25) is 0 Å². The number of carbonyl (C=O) groups is 2. The SMILES string of the molecule is COc1ccc(C(=O)Nc2cccc(/C=C(\Cl)c3nnc(C(=O)Nc4ccccc4)s3)c2)cc1. The number of halogens is 1. The Morgan fingerprint density at radius 1 is 0.853 bits per heavy atom. The highest BCUT2D eigenvalue weighted by Crippen LogP contribution is 2.26. The predicted octanol–water partition coefficient (Wildman–Crippen LogP) is 5.79. The van der Waals surface area contributed by atoms with Crippen LogP contribution in [0.5, 0.6) is 5.75 Å². The zero-order valence-corrected chi connectivity index (χ0v) is 19.6. The molecule has 0 aliphatic heterocycles. The molecule has 0 bridgehead atoms. The fraction of sp³-hybridized carbons (Fsp3) is 0.0400. The summed E-state index contributed by atoms with van der Waals surface area (Å²) in [6.07, 6.45) is 1.70. The Kier molecular flexibility index (Phi) is 7.31. The number of nitrogens with one attached hydrogen (secondary N) is 2. The summed E-state index contributed by atoms with van der Waals surface area (Å²) in [6.45, 7) is 0. The second-order valence-corrected chi connectivity index (χ2v) is 8.42. The number of carbonyl (C=O) groups excluding carboxylic acids is 2. The van der Waals surface area contributed by atoms with Gasteiger partial charge < -0.3 is 15.4 Å². The second-order valence-electron chi connectivity index (χ2n) is 7.03. The average Bonchev–Trinajstić information content (AvgIpc) is 3.36. The van der Waals surface area contributed by atoms with Gasteiger partial charge >= 0.3 is 0 Å². The first-order chi connectivity index (χ1) is 16.5. The van der Waals surface area contributed by atoms with Gasteiger partial charge in [0.15, 0.2) is 5.01 Å². The van der Waals surface area contributed by atoms with Gasteiger partial charge in [-0.25, -0.2) is 0 Å². The number of ether oxygens (including phenoxy) is 1. The summed E-state index contributed by atoms with van der Waals surface area (Å²) in [5.74, 6) is 0.0754. The fourth-order valence-electron chi connectivity index (χ4n) is 2.98. The van der Waals surface area contributed by atoms with Crippen LogP contribution in [0.1, 0.15) is 30.7 Å². The van der Waals surface area contributed by atoms with Crippen LogP contribution in [0.15, 0.2) is 78.9 Å². The zero-order chi connectivity index (χ0) is 23.9. The van der Waals surface area contributed by atoms with Crippen LogP contribution in [0.3, 0.4) is 0 Å². The highest BCUT2D eigenvalue weighted by atomic mass is 35.5. The van der Waals surface area contributed by atoms with Crippen molar-refractivity contribution < 1.29 is 14.3 Å². The molecule has 0 saturated carbocycles. The summed E-state index contributed by atoms with van der Waals surface area (Å²) in [4.78, 5) is 24.9. The molecule has 0 spiro atoms. The monoisotopic (exact) mass is 490 g/mol. The van der Waals surface area contributed by atoms with Crippen molar-refractivity contribution in [2.75, 3.05) is 17.7 Å². The molecule has 4 aromatic rings. The Bertz CT molecular complexity index is 1340. The van der Waals surface area contributed by atoms with E-state index in [4.69, 9.17) is 16.3 Å². The smallest absolute Gasteiger partial charge is 0.286 e. The van der Waals surface area contributed by atoms with Gasteiger partial charge in [0.25, 0.3) is 11.8 Å². The van der Waals surface area contributed by atoms with Crippen molar-refractivity contribution in [1.82, 2.24) is 10.2 Å². The number of anilines is 2. The summed E-state index contributed by atoms with van der Waals surface area (Å²) < 4.78 is 5.12. The Hall–Kier alpha value is -4.01. The molecule has 0 atom stereocenters. The van der Waals surface area contributed by atoms with Gasteiger partial charge in [0, 0.05) is 16.9 Å². The fourth-order valence-corrected chi connectivity index (χ4v) is 3.90. The molecule has 9 heteroatoms. The lowest BCUT2D eigenvalue weighted by molar-refractivity contribution is 0.101. The van der Waals surface area contributed by atoms with Crippen molar-refractivity contribution >= 4 is 57.2 Å². The Balaban J connectivity index is 1.44. The van der Waals surface area contributed by atoms with E-state index in [1.807, 2.05) is 24.3 Å². The molecule has 0 radical (unpaired) electrons. The van der Waals surface area contributed by atoms with E-state index in [2.05, 4.69) is 20.8 Å². The van der Waals surface area contributed by atoms with E-state index in [1.165, 1.54) is 0 Å². The minimum Gasteiger partial charge on any atom is -0.497 e. The second kappa shape index (κ2) is 10.7. The lowest BCUT2D eigenvalue weighted by atomic mass is 10.1. The maximum absolute atomic E-state index is 12.5. The summed E-state index contributed by atoms with van der Waals surface area (Å²) in [5, 5.41) is 14.5. The lowest BCUT2D eigenvalue weighted by Crippen LogP contribution is -2.11. The van der Waals surface area contributed by atoms with Crippen LogP contribution in [-0.4, -0.2) is 29.1 Å². The van der Waals surface area contributed by atoms with Gasteiger partial charge in [-0.1, -0.05) is 53.3 Å². The van der Waals surface area contributed by atoms with E-state index < -0.39 is 0 Å². The molecule has 34 heavy (non-hydrogen) atoms.